The molecule has 1 spiro atoms. The standard InChI is InChI=1S/C25H29N3O3/c1-16-7-12-20(17(2)15-16)22(23(26)29)28-24(30)21(18-8-10-19(31-3)11-9-18)27-25(28)13-5-4-6-14-25/h7-12,15,22H,4-6,13-14H2,1-3H3,(H2,26,29). The molecule has 162 valence electrons. The summed E-state index contributed by atoms with van der Waals surface area (Å²) in [5, 5.41) is 0. The largest absolute Gasteiger partial charge is 0.497 e. The average Bonchev–Trinajstić information content (AvgIpc) is 3.02. The maximum absolute atomic E-state index is 13.8. The molecule has 1 aliphatic carbocycles. The number of carbonyl (C=O) groups excluding carboxylic acids is 2. The van der Waals surface area contributed by atoms with Crippen LogP contribution < -0.4 is 10.5 Å². The van der Waals surface area contributed by atoms with E-state index in [1.807, 2.05) is 56.3 Å². The Hall–Kier alpha value is -3.15. The van der Waals surface area contributed by atoms with E-state index in [2.05, 4.69) is 0 Å². The smallest absolute Gasteiger partial charge is 0.275 e. The molecule has 0 aromatic heterocycles. The van der Waals surface area contributed by atoms with Crippen LogP contribution >= 0.6 is 0 Å². The summed E-state index contributed by atoms with van der Waals surface area (Å²) in [5.74, 6) is -0.0587. The Morgan fingerprint density at radius 1 is 1.10 bits per heavy atom. The van der Waals surface area contributed by atoms with E-state index in [0.29, 0.717) is 11.5 Å². The Bertz CT molecular complexity index is 1040. The third-order valence-electron chi connectivity index (χ3n) is 6.46. The summed E-state index contributed by atoms with van der Waals surface area (Å²) in [7, 11) is 1.60. The SMILES string of the molecule is COc1ccc(C2=NC3(CCCCC3)N(C(C(N)=O)c3ccc(C)cc3C)C2=O)cc1. The molecule has 1 aliphatic heterocycles. The molecule has 2 aromatic rings. The van der Waals surface area contributed by atoms with Crippen molar-refractivity contribution in [3.05, 3.63) is 64.7 Å². The second kappa shape index (κ2) is 8.17. The molecule has 1 fully saturated rings. The molecular formula is C25H29N3O3. The maximum Gasteiger partial charge on any atom is 0.275 e. The van der Waals surface area contributed by atoms with Crippen molar-refractivity contribution in [1.29, 1.82) is 0 Å². The summed E-state index contributed by atoms with van der Waals surface area (Å²) in [6.45, 7) is 3.96. The van der Waals surface area contributed by atoms with Crippen molar-refractivity contribution in [1.82, 2.24) is 4.90 Å². The molecule has 1 heterocycles. The molecule has 31 heavy (non-hydrogen) atoms. The van der Waals surface area contributed by atoms with Crippen molar-refractivity contribution >= 4 is 17.5 Å². The van der Waals surface area contributed by atoms with Gasteiger partial charge in [0.25, 0.3) is 5.91 Å². The number of carbonyl (C=O) groups is 2. The lowest BCUT2D eigenvalue weighted by molar-refractivity contribution is -0.141. The zero-order valence-electron chi connectivity index (χ0n) is 18.4. The zero-order chi connectivity index (χ0) is 22.2. The highest BCUT2D eigenvalue weighted by molar-refractivity contribution is 6.47. The normalized spacial score (nSPS) is 18.7. The van der Waals surface area contributed by atoms with Crippen LogP contribution in [-0.2, 0) is 9.59 Å². The highest BCUT2D eigenvalue weighted by Gasteiger charge is 2.52. The number of primary amides is 1. The summed E-state index contributed by atoms with van der Waals surface area (Å²) < 4.78 is 5.24. The van der Waals surface area contributed by atoms with Gasteiger partial charge in [-0.3, -0.25) is 19.5 Å². The van der Waals surface area contributed by atoms with Crippen LogP contribution in [0.1, 0.15) is 60.4 Å². The second-order valence-electron chi connectivity index (χ2n) is 8.57. The molecule has 1 saturated carbocycles. The highest BCUT2D eigenvalue weighted by atomic mass is 16.5. The number of methoxy groups -OCH3 is 1. The van der Waals surface area contributed by atoms with Crippen LogP contribution in [0.15, 0.2) is 47.5 Å². The van der Waals surface area contributed by atoms with Crippen molar-refractivity contribution in [3.8, 4) is 5.75 Å². The van der Waals surface area contributed by atoms with Gasteiger partial charge in [-0.2, -0.15) is 0 Å². The molecule has 2 N–H and O–H groups in total. The van der Waals surface area contributed by atoms with E-state index in [9.17, 15) is 9.59 Å². The van der Waals surface area contributed by atoms with Gasteiger partial charge in [-0.1, -0.05) is 30.2 Å². The van der Waals surface area contributed by atoms with Gasteiger partial charge in [0.2, 0.25) is 5.91 Å². The lowest BCUT2D eigenvalue weighted by Gasteiger charge is -2.42. The number of amides is 2. The van der Waals surface area contributed by atoms with Crippen LogP contribution in [0.4, 0.5) is 0 Å². The number of benzene rings is 2. The summed E-state index contributed by atoms with van der Waals surface area (Å²) in [6, 6.07) is 12.3. The number of hydrogen-bond acceptors (Lipinski definition) is 4. The fraction of sp³-hybridized carbons (Fsp3) is 0.400. The van der Waals surface area contributed by atoms with Crippen molar-refractivity contribution in [2.24, 2.45) is 10.7 Å². The molecule has 1 atom stereocenters. The van der Waals surface area contributed by atoms with Crippen molar-refractivity contribution in [2.75, 3.05) is 7.11 Å². The van der Waals surface area contributed by atoms with Crippen LogP contribution in [0.2, 0.25) is 0 Å². The minimum Gasteiger partial charge on any atom is -0.497 e. The monoisotopic (exact) mass is 419 g/mol. The molecule has 2 amide bonds. The number of aryl methyl sites for hydroxylation is 2. The van der Waals surface area contributed by atoms with Gasteiger partial charge >= 0.3 is 0 Å². The van der Waals surface area contributed by atoms with E-state index in [1.54, 1.807) is 12.0 Å². The zero-order valence-corrected chi connectivity index (χ0v) is 18.4. The fourth-order valence-electron chi connectivity index (χ4n) is 4.93. The summed E-state index contributed by atoms with van der Waals surface area (Å²) >= 11 is 0. The lowest BCUT2D eigenvalue weighted by Crippen LogP contribution is -2.53. The van der Waals surface area contributed by atoms with Crippen molar-refractivity contribution < 1.29 is 14.3 Å². The van der Waals surface area contributed by atoms with Gasteiger partial charge in [0.15, 0.2) is 0 Å². The molecule has 0 bridgehead atoms. The highest BCUT2D eigenvalue weighted by Crippen LogP contribution is 2.44. The third kappa shape index (κ3) is 3.71. The minimum absolute atomic E-state index is 0.240. The number of ether oxygens (including phenoxy) is 1. The van der Waals surface area contributed by atoms with E-state index in [1.165, 1.54) is 0 Å². The third-order valence-corrected chi connectivity index (χ3v) is 6.46. The summed E-state index contributed by atoms with van der Waals surface area (Å²) in [6.07, 6.45) is 4.48. The second-order valence-corrected chi connectivity index (χ2v) is 8.57. The molecule has 1 unspecified atom stereocenters. The van der Waals surface area contributed by atoms with E-state index in [-0.39, 0.29) is 5.91 Å². The fourth-order valence-corrected chi connectivity index (χ4v) is 4.93. The van der Waals surface area contributed by atoms with Crippen molar-refractivity contribution in [2.45, 2.75) is 57.7 Å². The van der Waals surface area contributed by atoms with Gasteiger partial charge in [-0.15, -0.1) is 0 Å². The molecule has 6 heteroatoms. The van der Waals surface area contributed by atoms with Crippen molar-refractivity contribution in [3.63, 3.8) is 0 Å². The Kier molecular flexibility index (Phi) is 5.56. The first kappa shape index (κ1) is 21.1. The number of aliphatic imine (C=N–C) groups is 1. The van der Waals surface area contributed by atoms with Crippen LogP contribution in [0, 0.1) is 13.8 Å². The molecule has 0 saturated heterocycles. The number of hydrogen-bond donors (Lipinski definition) is 1. The van der Waals surface area contributed by atoms with Crippen LogP contribution in [0.3, 0.4) is 0 Å². The summed E-state index contributed by atoms with van der Waals surface area (Å²) in [5.41, 5.74) is 9.12. The maximum atomic E-state index is 13.8. The first-order chi connectivity index (χ1) is 14.9. The van der Waals surface area contributed by atoms with E-state index >= 15 is 0 Å². The molecule has 0 radical (unpaired) electrons. The average molecular weight is 420 g/mol. The summed E-state index contributed by atoms with van der Waals surface area (Å²) in [4.78, 5) is 33.2. The van der Waals surface area contributed by atoms with Gasteiger partial charge in [0.1, 0.15) is 23.2 Å². The van der Waals surface area contributed by atoms with E-state index < -0.39 is 17.6 Å². The topological polar surface area (TPSA) is 85.0 Å². The molecule has 4 rings (SSSR count). The molecule has 2 aromatic carbocycles. The van der Waals surface area contributed by atoms with Crippen LogP contribution in [0.25, 0.3) is 0 Å². The first-order valence-electron chi connectivity index (χ1n) is 10.8. The number of nitrogens with two attached hydrogens (primary N) is 1. The van der Waals surface area contributed by atoms with Gasteiger partial charge in [-0.05, 0) is 74.9 Å². The van der Waals surface area contributed by atoms with Gasteiger partial charge < -0.3 is 10.5 Å². The van der Waals surface area contributed by atoms with Gasteiger partial charge in [-0.25, -0.2) is 0 Å². The van der Waals surface area contributed by atoms with E-state index in [0.717, 1.165) is 54.4 Å². The molecule has 2 aliphatic rings. The Labute approximate surface area is 183 Å². The number of nitrogens with zero attached hydrogens (tertiary/aromatic N) is 2. The van der Waals surface area contributed by atoms with E-state index in [4.69, 9.17) is 15.5 Å². The minimum atomic E-state index is -0.856. The Balaban J connectivity index is 1.82. The molecular weight excluding hydrogens is 390 g/mol. The lowest BCUT2D eigenvalue weighted by atomic mass is 9.86. The van der Waals surface area contributed by atoms with Gasteiger partial charge in [0.05, 0.1) is 7.11 Å². The Morgan fingerprint density at radius 3 is 2.35 bits per heavy atom. The predicted octanol–water partition coefficient (Wildman–Crippen LogP) is 3.83. The number of rotatable bonds is 5. The molecule has 6 nitrogen and oxygen atoms in total. The van der Waals surface area contributed by atoms with Gasteiger partial charge in [0, 0.05) is 5.56 Å². The first-order valence-corrected chi connectivity index (χ1v) is 10.8. The quantitative estimate of drug-likeness (QED) is 0.799. The predicted molar refractivity (Wildman–Crippen MR) is 120 cm³/mol. The van der Waals surface area contributed by atoms with Crippen LogP contribution in [0.5, 0.6) is 5.75 Å². The van der Waals surface area contributed by atoms with Crippen LogP contribution in [-0.4, -0.2) is 35.2 Å². The Morgan fingerprint density at radius 2 is 1.77 bits per heavy atom.